The lowest BCUT2D eigenvalue weighted by molar-refractivity contribution is 0.0953. The van der Waals surface area contributed by atoms with E-state index in [0.29, 0.717) is 23.7 Å². The van der Waals surface area contributed by atoms with Crippen molar-refractivity contribution >= 4 is 28.5 Å². The third-order valence-corrected chi connectivity index (χ3v) is 5.99. The summed E-state index contributed by atoms with van der Waals surface area (Å²) in [6, 6.07) is 25.1. The Morgan fingerprint density at radius 3 is 2.47 bits per heavy atom. The summed E-state index contributed by atoms with van der Waals surface area (Å²) in [6.45, 7) is 2.18. The van der Waals surface area contributed by atoms with Crippen LogP contribution in [-0.2, 0) is 13.0 Å². The van der Waals surface area contributed by atoms with Crippen LogP contribution in [0.2, 0.25) is 5.02 Å². The molecule has 34 heavy (non-hydrogen) atoms. The SMILES string of the molecule is O=C(NCCCCCc1nc2ccccc2n1CCCOc1ccc(Cl)cc1)c1ccccc1. The molecule has 176 valence electrons. The third-order valence-electron chi connectivity index (χ3n) is 5.74. The van der Waals surface area contributed by atoms with Gasteiger partial charge in [-0.05, 0) is 67.8 Å². The first-order valence-electron chi connectivity index (χ1n) is 11.9. The van der Waals surface area contributed by atoms with Gasteiger partial charge in [0.25, 0.3) is 5.91 Å². The topological polar surface area (TPSA) is 56.2 Å². The Kier molecular flexibility index (Phi) is 8.58. The van der Waals surface area contributed by atoms with Crippen molar-refractivity contribution < 1.29 is 9.53 Å². The number of aromatic nitrogens is 2. The smallest absolute Gasteiger partial charge is 0.251 e. The minimum atomic E-state index is -0.0109. The Labute approximate surface area is 205 Å². The zero-order valence-corrected chi connectivity index (χ0v) is 20.0. The van der Waals surface area contributed by atoms with Gasteiger partial charge in [-0.2, -0.15) is 0 Å². The van der Waals surface area contributed by atoms with Gasteiger partial charge in [0.15, 0.2) is 0 Å². The molecule has 0 aliphatic carbocycles. The molecule has 0 saturated heterocycles. The average Bonchev–Trinajstić information content (AvgIpc) is 3.22. The quantitative estimate of drug-likeness (QED) is 0.244. The van der Waals surface area contributed by atoms with Crippen LogP contribution in [0.1, 0.15) is 41.9 Å². The van der Waals surface area contributed by atoms with Gasteiger partial charge < -0.3 is 14.6 Å². The number of rotatable bonds is 12. The maximum atomic E-state index is 12.1. The number of ether oxygens (including phenoxy) is 1. The van der Waals surface area contributed by atoms with E-state index >= 15 is 0 Å². The van der Waals surface area contributed by atoms with Crippen LogP contribution in [0.25, 0.3) is 11.0 Å². The summed E-state index contributed by atoms with van der Waals surface area (Å²) < 4.78 is 8.18. The van der Waals surface area contributed by atoms with E-state index in [1.165, 1.54) is 5.52 Å². The monoisotopic (exact) mass is 475 g/mol. The Balaban J connectivity index is 1.24. The number of nitrogens with zero attached hydrogens (tertiary/aromatic N) is 2. The summed E-state index contributed by atoms with van der Waals surface area (Å²) in [6.07, 6.45) is 4.83. The van der Waals surface area contributed by atoms with Crippen LogP contribution in [0.3, 0.4) is 0 Å². The van der Waals surface area contributed by atoms with Crippen molar-refractivity contribution in [1.82, 2.24) is 14.9 Å². The number of benzene rings is 3. The lowest BCUT2D eigenvalue weighted by atomic mass is 10.1. The van der Waals surface area contributed by atoms with Gasteiger partial charge in [-0.1, -0.05) is 48.4 Å². The summed E-state index contributed by atoms with van der Waals surface area (Å²) >= 11 is 5.94. The van der Waals surface area contributed by atoms with Crippen LogP contribution in [0, 0.1) is 0 Å². The summed E-state index contributed by atoms with van der Waals surface area (Å²) in [5.41, 5.74) is 2.90. The highest BCUT2D eigenvalue weighted by Crippen LogP contribution is 2.19. The number of hydrogen-bond donors (Lipinski definition) is 1. The van der Waals surface area contributed by atoms with Crippen molar-refractivity contribution in [3.63, 3.8) is 0 Å². The van der Waals surface area contributed by atoms with Gasteiger partial charge in [0.1, 0.15) is 11.6 Å². The number of unbranched alkanes of at least 4 members (excludes halogenated alkanes) is 2. The van der Waals surface area contributed by atoms with E-state index in [-0.39, 0.29) is 5.91 Å². The van der Waals surface area contributed by atoms with Crippen LogP contribution in [0.4, 0.5) is 0 Å². The van der Waals surface area contributed by atoms with E-state index in [4.69, 9.17) is 21.3 Å². The molecule has 1 amide bonds. The molecule has 4 aromatic rings. The van der Waals surface area contributed by atoms with E-state index in [1.807, 2.05) is 60.7 Å². The molecule has 0 bridgehead atoms. The molecular weight excluding hydrogens is 446 g/mol. The van der Waals surface area contributed by atoms with E-state index in [0.717, 1.165) is 55.7 Å². The molecule has 1 N–H and O–H groups in total. The molecule has 3 aromatic carbocycles. The average molecular weight is 476 g/mol. The predicted octanol–water partition coefficient (Wildman–Crippen LogP) is 6.30. The molecule has 5 nitrogen and oxygen atoms in total. The molecular formula is C28H30ClN3O2. The normalized spacial score (nSPS) is 11.0. The molecule has 0 unspecified atom stereocenters. The fraction of sp³-hybridized carbons (Fsp3) is 0.286. The van der Waals surface area contributed by atoms with Gasteiger partial charge in [-0.15, -0.1) is 0 Å². The minimum absolute atomic E-state index is 0.0109. The highest BCUT2D eigenvalue weighted by molar-refractivity contribution is 6.30. The zero-order valence-electron chi connectivity index (χ0n) is 19.3. The predicted molar refractivity (Wildman–Crippen MR) is 138 cm³/mol. The second kappa shape index (κ2) is 12.2. The van der Waals surface area contributed by atoms with Crippen molar-refractivity contribution in [1.29, 1.82) is 0 Å². The zero-order chi connectivity index (χ0) is 23.6. The Hall–Kier alpha value is -3.31. The number of hydrogen-bond acceptors (Lipinski definition) is 3. The van der Waals surface area contributed by atoms with Crippen molar-refractivity contribution in [3.05, 3.63) is 95.3 Å². The summed E-state index contributed by atoms with van der Waals surface area (Å²) in [5.74, 6) is 1.93. The van der Waals surface area contributed by atoms with Crippen LogP contribution < -0.4 is 10.1 Å². The van der Waals surface area contributed by atoms with Gasteiger partial charge in [-0.3, -0.25) is 4.79 Å². The first-order valence-corrected chi connectivity index (χ1v) is 12.2. The highest BCUT2D eigenvalue weighted by atomic mass is 35.5. The van der Waals surface area contributed by atoms with Gasteiger partial charge in [0.2, 0.25) is 0 Å². The number of halogens is 1. The second-order valence-corrected chi connectivity index (χ2v) is 8.69. The van der Waals surface area contributed by atoms with Crippen LogP contribution >= 0.6 is 11.6 Å². The first-order chi connectivity index (χ1) is 16.7. The molecule has 1 aromatic heterocycles. The lowest BCUT2D eigenvalue weighted by Gasteiger charge is -2.11. The summed E-state index contributed by atoms with van der Waals surface area (Å²) in [5, 5.41) is 3.71. The fourth-order valence-electron chi connectivity index (χ4n) is 3.99. The maximum absolute atomic E-state index is 12.1. The number of carbonyl (C=O) groups excluding carboxylic acids is 1. The molecule has 0 aliphatic rings. The van der Waals surface area contributed by atoms with Crippen LogP contribution in [-0.4, -0.2) is 28.6 Å². The Morgan fingerprint density at radius 1 is 0.882 bits per heavy atom. The number of amides is 1. The molecule has 0 aliphatic heterocycles. The summed E-state index contributed by atoms with van der Waals surface area (Å²) in [7, 11) is 0. The molecule has 0 fully saturated rings. The minimum Gasteiger partial charge on any atom is -0.494 e. The van der Waals surface area contributed by atoms with E-state index in [9.17, 15) is 4.79 Å². The van der Waals surface area contributed by atoms with Crippen LogP contribution in [0.15, 0.2) is 78.9 Å². The molecule has 4 rings (SSSR count). The van der Waals surface area contributed by atoms with Crippen molar-refractivity contribution in [2.24, 2.45) is 0 Å². The van der Waals surface area contributed by atoms with Gasteiger partial charge in [-0.25, -0.2) is 4.98 Å². The molecule has 6 heteroatoms. The van der Waals surface area contributed by atoms with Crippen molar-refractivity contribution in [3.8, 4) is 5.75 Å². The third kappa shape index (κ3) is 6.61. The molecule has 0 saturated carbocycles. The number of carbonyl (C=O) groups is 1. The van der Waals surface area contributed by atoms with E-state index < -0.39 is 0 Å². The second-order valence-electron chi connectivity index (χ2n) is 8.26. The highest BCUT2D eigenvalue weighted by Gasteiger charge is 2.10. The number of imidazole rings is 1. The number of nitrogens with one attached hydrogen (secondary N) is 1. The number of para-hydroxylation sites is 2. The van der Waals surface area contributed by atoms with Crippen LogP contribution in [0.5, 0.6) is 5.75 Å². The van der Waals surface area contributed by atoms with Crippen molar-refractivity contribution in [2.75, 3.05) is 13.2 Å². The maximum Gasteiger partial charge on any atom is 0.251 e. The molecule has 0 radical (unpaired) electrons. The lowest BCUT2D eigenvalue weighted by Crippen LogP contribution is -2.24. The van der Waals surface area contributed by atoms with E-state index in [1.54, 1.807) is 0 Å². The molecule has 0 atom stereocenters. The van der Waals surface area contributed by atoms with Gasteiger partial charge in [0, 0.05) is 30.1 Å². The fourth-order valence-corrected chi connectivity index (χ4v) is 4.11. The molecule has 0 spiro atoms. The largest absolute Gasteiger partial charge is 0.494 e. The number of aryl methyl sites for hydroxylation is 2. The first kappa shape index (κ1) is 23.8. The van der Waals surface area contributed by atoms with Gasteiger partial charge in [0.05, 0.1) is 17.6 Å². The standard InChI is InChI=1S/C28H30ClN3O2/c29-23-15-17-24(18-16-23)34-21-9-20-32-26-13-7-6-12-25(26)31-27(32)14-5-2-8-19-30-28(33)22-10-3-1-4-11-22/h1,3-4,6-7,10-13,15-18H,2,5,8-9,14,19-21H2,(H,30,33). The Morgan fingerprint density at radius 2 is 1.65 bits per heavy atom. The van der Waals surface area contributed by atoms with Gasteiger partial charge >= 0.3 is 0 Å². The van der Waals surface area contributed by atoms with E-state index in [2.05, 4.69) is 28.1 Å². The molecule has 1 heterocycles. The summed E-state index contributed by atoms with van der Waals surface area (Å²) in [4.78, 5) is 17.0. The Bertz CT molecular complexity index is 1190. The van der Waals surface area contributed by atoms with Crippen molar-refractivity contribution in [2.45, 2.75) is 38.6 Å². The number of fused-ring (bicyclic) bond motifs is 1.